The van der Waals surface area contributed by atoms with Gasteiger partial charge in [-0.1, -0.05) is 13.8 Å². The fourth-order valence-electron chi connectivity index (χ4n) is 0.921. The lowest BCUT2D eigenvalue weighted by Crippen LogP contribution is -2.05. The molecule has 0 fully saturated rings. The number of thiazole rings is 1. The summed E-state index contributed by atoms with van der Waals surface area (Å²) < 4.78 is 0. The number of carboxylic acid groups (broad SMARTS) is 1. The Hall–Kier alpha value is -1.10. The molecule has 4 nitrogen and oxygen atoms in total. The van der Waals surface area contributed by atoms with E-state index in [1.54, 1.807) is 5.38 Å². The van der Waals surface area contributed by atoms with E-state index in [1.807, 2.05) is 0 Å². The molecule has 0 aliphatic heterocycles. The second-order valence-electron chi connectivity index (χ2n) is 3.45. The summed E-state index contributed by atoms with van der Waals surface area (Å²) in [5.74, 6) is -0.334. The highest BCUT2D eigenvalue weighted by Crippen LogP contribution is 2.15. The monoisotopic (exact) mass is 214 g/mol. The first-order chi connectivity index (χ1) is 6.59. The summed E-state index contributed by atoms with van der Waals surface area (Å²) in [6, 6.07) is 0. The van der Waals surface area contributed by atoms with Crippen LogP contribution in [0.15, 0.2) is 5.38 Å². The van der Waals surface area contributed by atoms with Crippen molar-refractivity contribution in [1.82, 2.24) is 4.98 Å². The SMILES string of the molecule is CC(C)CCNc1nc(C(=O)O)cs1. The first-order valence-electron chi connectivity index (χ1n) is 4.52. The number of nitrogens with zero attached hydrogens (tertiary/aromatic N) is 1. The predicted molar refractivity (Wildman–Crippen MR) is 57.0 cm³/mol. The van der Waals surface area contributed by atoms with Crippen LogP contribution in [0.1, 0.15) is 30.8 Å². The molecule has 0 aromatic carbocycles. The Morgan fingerprint density at radius 2 is 2.43 bits per heavy atom. The van der Waals surface area contributed by atoms with Gasteiger partial charge in [0.25, 0.3) is 0 Å². The van der Waals surface area contributed by atoms with Gasteiger partial charge in [0, 0.05) is 11.9 Å². The fraction of sp³-hybridized carbons (Fsp3) is 0.556. The average molecular weight is 214 g/mol. The first-order valence-corrected chi connectivity index (χ1v) is 5.40. The van der Waals surface area contributed by atoms with E-state index in [1.165, 1.54) is 11.3 Å². The van der Waals surface area contributed by atoms with Crippen LogP contribution in [0.2, 0.25) is 0 Å². The van der Waals surface area contributed by atoms with Gasteiger partial charge in [0.15, 0.2) is 10.8 Å². The molecule has 14 heavy (non-hydrogen) atoms. The van der Waals surface area contributed by atoms with Crippen molar-refractivity contribution in [3.63, 3.8) is 0 Å². The topological polar surface area (TPSA) is 62.2 Å². The number of rotatable bonds is 5. The van der Waals surface area contributed by atoms with Gasteiger partial charge in [-0.2, -0.15) is 0 Å². The van der Waals surface area contributed by atoms with Crippen LogP contribution in [0.5, 0.6) is 0 Å². The molecule has 0 aliphatic rings. The van der Waals surface area contributed by atoms with Gasteiger partial charge in [0.2, 0.25) is 0 Å². The Kier molecular flexibility index (Phi) is 3.88. The van der Waals surface area contributed by atoms with E-state index < -0.39 is 5.97 Å². The smallest absolute Gasteiger partial charge is 0.355 e. The van der Waals surface area contributed by atoms with Crippen molar-refractivity contribution in [1.29, 1.82) is 0 Å². The van der Waals surface area contributed by atoms with E-state index in [-0.39, 0.29) is 5.69 Å². The highest BCUT2D eigenvalue weighted by atomic mass is 32.1. The maximum absolute atomic E-state index is 10.5. The molecule has 2 N–H and O–H groups in total. The highest BCUT2D eigenvalue weighted by Gasteiger charge is 2.07. The number of hydrogen-bond donors (Lipinski definition) is 2. The molecule has 0 bridgehead atoms. The number of carboxylic acids is 1. The second-order valence-corrected chi connectivity index (χ2v) is 4.31. The van der Waals surface area contributed by atoms with E-state index in [0.717, 1.165) is 13.0 Å². The van der Waals surface area contributed by atoms with E-state index in [2.05, 4.69) is 24.1 Å². The molecular weight excluding hydrogens is 200 g/mol. The first kappa shape index (κ1) is 11.0. The predicted octanol–water partition coefficient (Wildman–Crippen LogP) is 2.30. The molecule has 0 unspecified atom stereocenters. The van der Waals surface area contributed by atoms with Crippen LogP contribution in [-0.4, -0.2) is 22.6 Å². The third-order valence-electron chi connectivity index (χ3n) is 1.72. The molecule has 78 valence electrons. The minimum atomic E-state index is -0.974. The van der Waals surface area contributed by atoms with Crippen LogP contribution in [0.25, 0.3) is 0 Å². The number of anilines is 1. The van der Waals surface area contributed by atoms with Gasteiger partial charge < -0.3 is 10.4 Å². The molecule has 0 saturated heterocycles. The minimum Gasteiger partial charge on any atom is -0.476 e. The average Bonchev–Trinajstić information content (AvgIpc) is 2.52. The maximum Gasteiger partial charge on any atom is 0.355 e. The zero-order chi connectivity index (χ0) is 10.6. The molecule has 1 aromatic rings. The fourth-order valence-corrected chi connectivity index (χ4v) is 1.63. The Morgan fingerprint density at radius 1 is 1.71 bits per heavy atom. The van der Waals surface area contributed by atoms with Crippen LogP contribution in [0.3, 0.4) is 0 Å². The van der Waals surface area contributed by atoms with Crippen molar-refractivity contribution in [3.05, 3.63) is 11.1 Å². The van der Waals surface area contributed by atoms with Crippen molar-refractivity contribution in [2.24, 2.45) is 5.92 Å². The van der Waals surface area contributed by atoms with Crippen LogP contribution >= 0.6 is 11.3 Å². The van der Waals surface area contributed by atoms with Crippen LogP contribution in [-0.2, 0) is 0 Å². The van der Waals surface area contributed by atoms with Crippen LogP contribution in [0.4, 0.5) is 5.13 Å². The summed E-state index contributed by atoms with van der Waals surface area (Å²) in [6.45, 7) is 5.13. The van der Waals surface area contributed by atoms with Gasteiger partial charge in [-0.05, 0) is 12.3 Å². The molecule has 0 saturated carbocycles. The molecule has 0 spiro atoms. The standard InChI is InChI=1S/C9H14N2O2S/c1-6(2)3-4-10-9-11-7(5-14-9)8(12)13/h5-6H,3-4H2,1-2H3,(H,10,11)(H,12,13). The third-order valence-corrected chi connectivity index (χ3v) is 2.52. The molecule has 1 aromatic heterocycles. The number of aromatic carboxylic acids is 1. The third kappa shape index (κ3) is 3.33. The van der Waals surface area contributed by atoms with Crippen molar-refractivity contribution >= 4 is 22.4 Å². The molecule has 0 aliphatic carbocycles. The maximum atomic E-state index is 10.5. The van der Waals surface area contributed by atoms with Gasteiger partial charge >= 0.3 is 5.97 Å². The Labute approximate surface area is 87.0 Å². The van der Waals surface area contributed by atoms with Crippen molar-refractivity contribution in [2.45, 2.75) is 20.3 Å². The van der Waals surface area contributed by atoms with E-state index in [0.29, 0.717) is 11.0 Å². The summed E-state index contributed by atoms with van der Waals surface area (Å²) in [5.41, 5.74) is 0.113. The van der Waals surface area contributed by atoms with Gasteiger partial charge in [0.1, 0.15) is 0 Å². The number of nitrogens with one attached hydrogen (secondary N) is 1. The van der Waals surface area contributed by atoms with E-state index in [9.17, 15) is 4.79 Å². The summed E-state index contributed by atoms with van der Waals surface area (Å²) >= 11 is 1.33. The van der Waals surface area contributed by atoms with Gasteiger partial charge in [-0.25, -0.2) is 9.78 Å². The number of carbonyl (C=O) groups is 1. The summed E-state index contributed by atoms with van der Waals surface area (Å²) in [5, 5.41) is 13.9. The molecule has 1 rings (SSSR count). The van der Waals surface area contributed by atoms with Gasteiger partial charge in [-0.3, -0.25) is 0 Å². The minimum absolute atomic E-state index is 0.113. The van der Waals surface area contributed by atoms with E-state index >= 15 is 0 Å². The largest absolute Gasteiger partial charge is 0.476 e. The Balaban J connectivity index is 2.40. The lowest BCUT2D eigenvalue weighted by atomic mass is 10.1. The number of aromatic nitrogens is 1. The lowest BCUT2D eigenvalue weighted by Gasteiger charge is -2.04. The summed E-state index contributed by atoms with van der Waals surface area (Å²) in [7, 11) is 0. The molecule has 5 heteroatoms. The van der Waals surface area contributed by atoms with Crippen molar-refractivity contribution in [2.75, 3.05) is 11.9 Å². The Bertz CT molecular complexity index is 310. The van der Waals surface area contributed by atoms with Gasteiger partial charge in [0.05, 0.1) is 0 Å². The molecule has 0 atom stereocenters. The van der Waals surface area contributed by atoms with Crippen LogP contribution in [0, 0.1) is 5.92 Å². The van der Waals surface area contributed by atoms with Gasteiger partial charge in [-0.15, -0.1) is 11.3 Å². The molecule has 1 heterocycles. The van der Waals surface area contributed by atoms with Crippen molar-refractivity contribution < 1.29 is 9.90 Å². The molecule has 0 amide bonds. The zero-order valence-corrected chi connectivity index (χ0v) is 9.10. The zero-order valence-electron chi connectivity index (χ0n) is 8.28. The van der Waals surface area contributed by atoms with Crippen LogP contribution < -0.4 is 5.32 Å². The second kappa shape index (κ2) is 4.95. The quantitative estimate of drug-likeness (QED) is 0.789. The Morgan fingerprint density at radius 3 is 2.93 bits per heavy atom. The molecule has 0 radical (unpaired) electrons. The summed E-state index contributed by atoms with van der Waals surface area (Å²) in [4.78, 5) is 14.4. The normalized spacial score (nSPS) is 10.5. The van der Waals surface area contributed by atoms with Crippen molar-refractivity contribution in [3.8, 4) is 0 Å². The number of hydrogen-bond acceptors (Lipinski definition) is 4. The highest BCUT2D eigenvalue weighted by molar-refractivity contribution is 7.13. The molecular formula is C9H14N2O2S. The summed E-state index contributed by atoms with van der Waals surface area (Å²) in [6.07, 6.45) is 1.06. The van der Waals surface area contributed by atoms with E-state index in [4.69, 9.17) is 5.11 Å². The lowest BCUT2D eigenvalue weighted by molar-refractivity contribution is 0.0691.